The van der Waals surface area contributed by atoms with Gasteiger partial charge in [-0.2, -0.15) is 0 Å². The molecule has 9 nitrogen and oxygen atoms in total. The number of β-amino-alcohol motifs (C(OH)–C–C–N with tert-alkyl or cyclic N) is 1. The molecule has 2 saturated heterocycles. The normalized spacial score (nSPS) is 22.2. The smallest absolute Gasteiger partial charge is 0.328 e. The predicted octanol–water partition coefficient (Wildman–Crippen LogP) is 2.48. The number of aliphatic hydroxyl groups excluding tert-OH is 1. The van der Waals surface area contributed by atoms with Crippen molar-refractivity contribution in [2.45, 2.75) is 18.6 Å². The number of amidine groups is 1. The molecule has 3 aromatic rings. The van der Waals surface area contributed by atoms with Crippen molar-refractivity contribution in [3.05, 3.63) is 59.4 Å². The first kappa shape index (κ1) is 20.5. The molecule has 3 N–H and O–H groups in total. The van der Waals surface area contributed by atoms with Gasteiger partial charge in [-0.3, -0.25) is 20.0 Å². The first-order valence-electron chi connectivity index (χ1n) is 10.3. The summed E-state index contributed by atoms with van der Waals surface area (Å²) in [5.74, 6) is 0.196. The minimum atomic E-state index is -0.548. The van der Waals surface area contributed by atoms with Crippen LogP contribution in [0.25, 0.3) is 11.0 Å². The molecular weight excluding hydrogens is 432 g/mol. The van der Waals surface area contributed by atoms with Gasteiger partial charge in [-0.05, 0) is 42.3 Å². The Morgan fingerprint density at radius 1 is 1.25 bits per heavy atom. The Labute approximate surface area is 188 Å². The highest BCUT2D eigenvalue weighted by molar-refractivity contribution is 6.30. The number of nitrogens with zero attached hydrogens (tertiary/aromatic N) is 4. The van der Waals surface area contributed by atoms with E-state index in [1.54, 1.807) is 28.3 Å². The molecule has 2 fully saturated rings. The van der Waals surface area contributed by atoms with Gasteiger partial charge in [0.05, 0.1) is 23.5 Å². The van der Waals surface area contributed by atoms with Crippen LogP contribution >= 0.6 is 11.6 Å². The molecular formula is C22H21ClN6O3. The number of rotatable bonds is 4. The molecule has 0 bridgehead atoms. The molecule has 2 unspecified atom stereocenters. The summed E-state index contributed by atoms with van der Waals surface area (Å²) in [6, 6.07) is 11.8. The van der Waals surface area contributed by atoms with E-state index in [1.807, 2.05) is 30.3 Å². The number of likely N-dealkylation sites (tertiary alicyclic amines) is 1. The summed E-state index contributed by atoms with van der Waals surface area (Å²) in [6.07, 6.45) is 1.67. The number of fused-ring (bicyclic) bond motifs is 1. The lowest BCUT2D eigenvalue weighted by atomic mass is 10.0. The first-order chi connectivity index (χ1) is 15.5. The zero-order valence-electron chi connectivity index (χ0n) is 17.0. The predicted molar refractivity (Wildman–Crippen MR) is 121 cm³/mol. The fourth-order valence-electron chi connectivity index (χ4n) is 4.11. The summed E-state index contributed by atoms with van der Waals surface area (Å²) in [5.41, 5.74) is 3.06. The number of nitrogens with one attached hydrogen (secondary N) is 2. The van der Waals surface area contributed by atoms with Crippen molar-refractivity contribution in [1.29, 1.82) is 0 Å². The van der Waals surface area contributed by atoms with E-state index < -0.39 is 12.1 Å². The molecule has 0 radical (unpaired) electrons. The second-order valence-electron chi connectivity index (χ2n) is 7.84. The number of aromatic amines is 1. The van der Waals surface area contributed by atoms with Gasteiger partial charge in [-0.25, -0.2) is 9.78 Å². The topological polar surface area (TPSA) is 114 Å². The molecule has 2 aromatic carbocycles. The van der Waals surface area contributed by atoms with E-state index >= 15 is 0 Å². The SMILES string of the molecule is O=C(CN=C1NC(=O)N(c2ccc3[nH]cnc3c2)C1c1ccc(Cl)cc1)N1CCC(O)C1. The maximum Gasteiger partial charge on any atom is 0.328 e. The van der Waals surface area contributed by atoms with Crippen LogP contribution in [-0.4, -0.2) is 63.5 Å². The highest BCUT2D eigenvalue weighted by Gasteiger charge is 2.39. The molecule has 164 valence electrons. The van der Waals surface area contributed by atoms with E-state index in [1.165, 1.54) is 0 Å². The number of imidazole rings is 1. The van der Waals surface area contributed by atoms with Crippen LogP contribution in [0.3, 0.4) is 0 Å². The summed E-state index contributed by atoms with van der Waals surface area (Å²) in [6.45, 7) is 0.707. The van der Waals surface area contributed by atoms with E-state index in [9.17, 15) is 14.7 Å². The molecule has 1 aromatic heterocycles. The molecule has 0 spiro atoms. The fraction of sp³-hybridized carbons (Fsp3) is 0.273. The number of amides is 3. The monoisotopic (exact) mass is 452 g/mol. The molecule has 10 heteroatoms. The Morgan fingerprint density at radius 3 is 2.81 bits per heavy atom. The van der Waals surface area contributed by atoms with Crippen LogP contribution in [0.1, 0.15) is 18.0 Å². The molecule has 3 heterocycles. The number of hydrogen-bond acceptors (Lipinski definition) is 5. The van der Waals surface area contributed by atoms with Gasteiger partial charge in [-0.15, -0.1) is 0 Å². The van der Waals surface area contributed by atoms with Gasteiger partial charge in [0, 0.05) is 23.8 Å². The van der Waals surface area contributed by atoms with Gasteiger partial charge < -0.3 is 15.0 Å². The van der Waals surface area contributed by atoms with Crippen LogP contribution in [0.2, 0.25) is 5.02 Å². The van der Waals surface area contributed by atoms with E-state index in [0.29, 0.717) is 36.1 Å². The molecule has 0 aliphatic carbocycles. The number of carbonyl (C=O) groups excluding carboxylic acids is 2. The van der Waals surface area contributed by atoms with E-state index in [-0.39, 0.29) is 18.5 Å². The van der Waals surface area contributed by atoms with Gasteiger partial charge >= 0.3 is 6.03 Å². The van der Waals surface area contributed by atoms with E-state index in [2.05, 4.69) is 20.3 Å². The number of benzene rings is 2. The van der Waals surface area contributed by atoms with Crippen LogP contribution in [0.4, 0.5) is 10.5 Å². The Morgan fingerprint density at radius 2 is 2.06 bits per heavy atom. The number of aromatic nitrogens is 2. The Bertz CT molecular complexity index is 1210. The van der Waals surface area contributed by atoms with Gasteiger partial charge in [0.15, 0.2) is 0 Å². The van der Waals surface area contributed by atoms with Crippen molar-refractivity contribution in [3.8, 4) is 0 Å². The second-order valence-corrected chi connectivity index (χ2v) is 8.28. The van der Waals surface area contributed by atoms with Crippen LogP contribution < -0.4 is 10.2 Å². The minimum absolute atomic E-state index is 0.112. The highest BCUT2D eigenvalue weighted by atomic mass is 35.5. The quantitative estimate of drug-likeness (QED) is 0.564. The van der Waals surface area contributed by atoms with Gasteiger partial charge in [0.25, 0.3) is 0 Å². The summed E-state index contributed by atoms with van der Waals surface area (Å²) in [7, 11) is 0. The number of hydrogen-bond donors (Lipinski definition) is 3. The molecule has 5 rings (SSSR count). The second kappa shape index (κ2) is 8.25. The Balaban J connectivity index is 1.49. The zero-order chi connectivity index (χ0) is 22.2. The average molecular weight is 453 g/mol. The summed E-state index contributed by atoms with van der Waals surface area (Å²) < 4.78 is 0. The van der Waals surface area contributed by atoms with Gasteiger partial charge in [-0.1, -0.05) is 23.7 Å². The molecule has 2 aliphatic heterocycles. The lowest BCUT2D eigenvalue weighted by molar-refractivity contribution is -0.128. The van der Waals surface area contributed by atoms with E-state index in [0.717, 1.165) is 16.6 Å². The van der Waals surface area contributed by atoms with Crippen molar-refractivity contribution >= 4 is 46.1 Å². The van der Waals surface area contributed by atoms with Gasteiger partial charge in [0.1, 0.15) is 18.4 Å². The maximum atomic E-state index is 13.0. The van der Waals surface area contributed by atoms with Crippen molar-refractivity contribution in [1.82, 2.24) is 20.2 Å². The standard InChI is InChI=1S/C22H21ClN6O3/c23-14-3-1-13(2-4-14)20-21(24-10-19(31)28-8-7-16(30)11-28)27-22(32)29(20)15-5-6-17-18(9-15)26-12-25-17/h1-6,9,12,16,20,30H,7-8,10-11H2,(H,25,26)(H,24,27,32). The third-order valence-corrected chi connectivity index (χ3v) is 5.99. The molecule has 0 saturated carbocycles. The highest BCUT2D eigenvalue weighted by Crippen LogP contribution is 2.34. The van der Waals surface area contributed by atoms with Crippen LogP contribution in [0.5, 0.6) is 0 Å². The molecule has 2 aliphatic rings. The summed E-state index contributed by atoms with van der Waals surface area (Å²) in [5, 5.41) is 13.1. The summed E-state index contributed by atoms with van der Waals surface area (Å²) in [4.78, 5) is 40.5. The Kier molecular flexibility index (Phi) is 5.28. The molecule has 2 atom stereocenters. The third-order valence-electron chi connectivity index (χ3n) is 5.74. The average Bonchev–Trinajstić information content (AvgIpc) is 3.50. The lowest BCUT2D eigenvalue weighted by Gasteiger charge is -2.23. The fourth-order valence-corrected chi connectivity index (χ4v) is 4.24. The number of anilines is 1. The van der Waals surface area contributed by atoms with Crippen LogP contribution in [-0.2, 0) is 4.79 Å². The number of H-pyrrole nitrogens is 1. The number of aliphatic imine (C=N–C) groups is 1. The van der Waals surface area contributed by atoms with E-state index in [4.69, 9.17) is 11.6 Å². The number of aliphatic hydroxyl groups is 1. The number of urea groups is 1. The largest absolute Gasteiger partial charge is 0.391 e. The third kappa shape index (κ3) is 3.80. The van der Waals surface area contributed by atoms with Crippen molar-refractivity contribution in [2.75, 3.05) is 24.5 Å². The van der Waals surface area contributed by atoms with Crippen molar-refractivity contribution in [2.24, 2.45) is 4.99 Å². The number of carbonyl (C=O) groups is 2. The first-order valence-corrected chi connectivity index (χ1v) is 10.7. The molecule has 32 heavy (non-hydrogen) atoms. The zero-order valence-corrected chi connectivity index (χ0v) is 17.8. The van der Waals surface area contributed by atoms with Crippen molar-refractivity contribution < 1.29 is 14.7 Å². The lowest BCUT2D eigenvalue weighted by Crippen LogP contribution is -2.32. The Hall–Kier alpha value is -3.43. The van der Waals surface area contributed by atoms with Gasteiger partial charge in [0.2, 0.25) is 5.91 Å². The van der Waals surface area contributed by atoms with Crippen LogP contribution in [0.15, 0.2) is 53.8 Å². The minimum Gasteiger partial charge on any atom is -0.391 e. The molecule has 3 amide bonds. The maximum absolute atomic E-state index is 13.0. The van der Waals surface area contributed by atoms with Crippen molar-refractivity contribution in [3.63, 3.8) is 0 Å². The number of halogens is 1. The van der Waals surface area contributed by atoms with Crippen LogP contribution in [0, 0.1) is 0 Å². The summed E-state index contributed by atoms with van der Waals surface area (Å²) >= 11 is 6.07.